The molecule has 1 aliphatic carbocycles. The average molecular weight is 328 g/mol. The zero-order chi connectivity index (χ0) is 17.2. The van der Waals surface area contributed by atoms with Gasteiger partial charge in [-0.15, -0.1) is 0 Å². The van der Waals surface area contributed by atoms with E-state index in [-0.39, 0.29) is 12.0 Å². The van der Waals surface area contributed by atoms with Gasteiger partial charge in [-0.3, -0.25) is 0 Å². The third-order valence-corrected chi connectivity index (χ3v) is 4.42. The molecule has 0 saturated carbocycles. The molecule has 124 valence electrons. The average Bonchev–Trinajstić information content (AvgIpc) is 2.61. The van der Waals surface area contributed by atoms with E-state index in [1.54, 1.807) is 19.1 Å². The largest absolute Gasteiger partial charge is 0.238 e. The summed E-state index contributed by atoms with van der Waals surface area (Å²) in [6.45, 7) is 1.72. The van der Waals surface area contributed by atoms with Crippen molar-refractivity contribution in [2.24, 2.45) is 0 Å². The van der Waals surface area contributed by atoms with Crippen LogP contribution in [0, 0.1) is 0 Å². The molecule has 2 aromatic carbocycles. The van der Waals surface area contributed by atoms with E-state index in [1.807, 2.05) is 42.5 Å². The Morgan fingerprint density at radius 2 is 1.54 bits per heavy atom. The summed E-state index contributed by atoms with van der Waals surface area (Å²) in [5, 5.41) is 0. The second kappa shape index (κ2) is 6.68. The maximum atomic E-state index is 15.0. The fraction of sp³-hybridized carbons (Fsp3) is 0.238. The van der Waals surface area contributed by atoms with Crippen LogP contribution in [0.25, 0.3) is 16.7 Å². The molecule has 0 spiro atoms. The Balaban J connectivity index is 2.11. The highest BCUT2D eigenvalue weighted by molar-refractivity contribution is 5.85. The molecule has 0 aromatic heterocycles. The number of alkyl halides is 2. The standard InChI is InChI=1S/C21H19F3/c1-2-14-21(24)19(22)13-12-18(20(21)23)17-11-7-6-10-16(17)15-8-4-3-5-9-15/h3-13,20H,2,14H2,1H3. The number of rotatable bonds is 4. The van der Waals surface area contributed by atoms with Crippen molar-refractivity contribution in [2.75, 3.05) is 0 Å². The van der Waals surface area contributed by atoms with Crippen LogP contribution in [-0.4, -0.2) is 11.8 Å². The number of hydrogen-bond acceptors (Lipinski definition) is 0. The molecule has 2 aromatic rings. The van der Waals surface area contributed by atoms with Gasteiger partial charge >= 0.3 is 0 Å². The predicted octanol–water partition coefficient (Wildman–Crippen LogP) is 6.45. The lowest BCUT2D eigenvalue weighted by atomic mass is 9.80. The van der Waals surface area contributed by atoms with Crippen molar-refractivity contribution in [1.29, 1.82) is 0 Å². The summed E-state index contributed by atoms with van der Waals surface area (Å²) in [6, 6.07) is 16.8. The summed E-state index contributed by atoms with van der Waals surface area (Å²) in [6.07, 6.45) is 0.581. The van der Waals surface area contributed by atoms with Gasteiger partial charge < -0.3 is 0 Å². The highest BCUT2D eigenvalue weighted by atomic mass is 19.2. The van der Waals surface area contributed by atoms with E-state index in [0.717, 1.165) is 17.2 Å². The molecule has 2 atom stereocenters. The monoisotopic (exact) mass is 328 g/mol. The number of benzene rings is 2. The Morgan fingerprint density at radius 3 is 2.21 bits per heavy atom. The highest BCUT2D eigenvalue weighted by Crippen LogP contribution is 2.45. The van der Waals surface area contributed by atoms with E-state index in [9.17, 15) is 13.2 Å². The van der Waals surface area contributed by atoms with Crippen LogP contribution >= 0.6 is 0 Å². The SMILES string of the molecule is CCCC1(F)C(F)=CC=C(c2ccccc2-c2ccccc2)C1F. The molecular formula is C21H19F3. The molecular weight excluding hydrogens is 309 g/mol. The number of halogens is 3. The molecule has 3 rings (SSSR count). The zero-order valence-electron chi connectivity index (χ0n) is 13.5. The van der Waals surface area contributed by atoms with Gasteiger partial charge in [0.05, 0.1) is 0 Å². The molecule has 0 fully saturated rings. The Kier molecular flexibility index (Phi) is 4.61. The minimum Gasteiger partial charge on any atom is -0.238 e. The van der Waals surface area contributed by atoms with E-state index >= 15 is 0 Å². The molecule has 1 aliphatic rings. The normalized spacial score (nSPS) is 23.6. The molecule has 0 heterocycles. The second-order valence-electron chi connectivity index (χ2n) is 6.02. The van der Waals surface area contributed by atoms with Gasteiger partial charge in [0, 0.05) is 0 Å². The zero-order valence-corrected chi connectivity index (χ0v) is 13.5. The predicted molar refractivity (Wildman–Crippen MR) is 92.7 cm³/mol. The first-order chi connectivity index (χ1) is 11.6. The van der Waals surface area contributed by atoms with Gasteiger partial charge in [-0.05, 0) is 34.8 Å². The van der Waals surface area contributed by atoms with Gasteiger partial charge in [-0.2, -0.15) is 0 Å². The van der Waals surface area contributed by atoms with Gasteiger partial charge in [0.15, 0.2) is 11.8 Å². The summed E-state index contributed by atoms with van der Waals surface area (Å²) >= 11 is 0. The quantitative estimate of drug-likeness (QED) is 0.605. The molecule has 0 N–H and O–H groups in total. The lowest BCUT2D eigenvalue weighted by Crippen LogP contribution is -2.38. The van der Waals surface area contributed by atoms with Gasteiger partial charge in [0.2, 0.25) is 0 Å². The molecule has 0 saturated heterocycles. The first-order valence-corrected chi connectivity index (χ1v) is 8.13. The van der Waals surface area contributed by atoms with Crippen molar-refractivity contribution < 1.29 is 13.2 Å². The first kappa shape index (κ1) is 16.6. The van der Waals surface area contributed by atoms with Crippen LogP contribution in [-0.2, 0) is 0 Å². The maximum Gasteiger partial charge on any atom is 0.197 e. The van der Waals surface area contributed by atoms with Crippen molar-refractivity contribution >= 4 is 5.57 Å². The van der Waals surface area contributed by atoms with Crippen molar-refractivity contribution in [3.63, 3.8) is 0 Å². The molecule has 0 amide bonds. The van der Waals surface area contributed by atoms with Crippen LogP contribution in [0.4, 0.5) is 13.2 Å². The third-order valence-electron chi connectivity index (χ3n) is 4.42. The molecule has 0 aliphatic heterocycles. The van der Waals surface area contributed by atoms with Crippen molar-refractivity contribution in [3.8, 4) is 11.1 Å². The van der Waals surface area contributed by atoms with E-state index in [0.29, 0.717) is 12.0 Å². The summed E-state index contributed by atoms with van der Waals surface area (Å²) in [7, 11) is 0. The van der Waals surface area contributed by atoms with E-state index < -0.39 is 17.7 Å². The van der Waals surface area contributed by atoms with Gasteiger partial charge in [0.25, 0.3) is 0 Å². The van der Waals surface area contributed by atoms with Crippen LogP contribution in [0.2, 0.25) is 0 Å². The molecule has 0 radical (unpaired) electrons. The minimum absolute atomic E-state index is 0.179. The topological polar surface area (TPSA) is 0 Å². The molecule has 24 heavy (non-hydrogen) atoms. The van der Waals surface area contributed by atoms with Crippen LogP contribution in [0.1, 0.15) is 25.3 Å². The fourth-order valence-corrected chi connectivity index (χ4v) is 3.19. The van der Waals surface area contributed by atoms with Crippen molar-refractivity contribution in [1.82, 2.24) is 0 Å². The van der Waals surface area contributed by atoms with Crippen molar-refractivity contribution in [2.45, 2.75) is 31.6 Å². The Labute approximate surface area is 140 Å². The lowest BCUT2D eigenvalue weighted by Gasteiger charge is -2.32. The molecule has 0 bridgehead atoms. The van der Waals surface area contributed by atoms with Gasteiger partial charge in [-0.1, -0.05) is 74.0 Å². The summed E-state index contributed by atoms with van der Waals surface area (Å²) in [5.41, 5.74) is -0.0783. The number of allylic oxidation sites excluding steroid dienone is 4. The second-order valence-corrected chi connectivity index (χ2v) is 6.02. The van der Waals surface area contributed by atoms with Crippen LogP contribution in [0.15, 0.2) is 72.6 Å². The lowest BCUT2D eigenvalue weighted by molar-refractivity contribution is 0.0830. The van der Waals surface area contributed by atoms with Gasteiger partial charge in [0.1, 0.15) is 5.83 Å². The van der Waals surface area contributed by atoms with E-state index in [2.05, 4.69) is 0 Å². The van der Waals surface area contributed by atoms with E-state index in [4.69, 9.17) is 0 Å². The third kappa shape index (κ3) is 2.79. The summed E-state index contributed by atoms with van der Waals surface area (Å²) in [5.74, 6) is -1.03. The maximum absolute atomic E-state index is 15.0. The Hall–Kier alpha value is -2.29. The van der Waals surface area contributed by atoms with Gasteiger partial charge in [-0.25, -0.2) is 13.2 Å². The fourth-order valence-electron chi connectivity index (χ4n) is 3.19. The first-order valence-electron chi connectivity index (χ1n) is 8.13. The Morgan fingerprint density at radius 1 is 0.917 bits per heavy atom. The van der Waals surface area contributed by atoms with Crippen LogP contribution < -0.4 is 0 Å². The smallest absolute Gasteiger partial charge is 0.197 e. The van der Waals surface area contributed by atoms with E-state index in [1.165, 1.54) is 6.08 Å². The molecule has 0 nitrogen and oxygen atoms in total. The highest BCUT2D eigenvalue weighted by Gasteiger charge is 2.47. The summed E-state index contributed by atoms with van der Waals surface area (Å²) < 4.78 is 43.9. The Bertz CT molecular complexity index is 777. The number of hydrogen-bond donors (Lipinski definition) is 0. The van der Waals surface area contributed by atoms with Crippen molar-refractivity contribution in [3.05, 3.63) is 78.1 Å². The van der Waals surface area contributed by atoms with Crippen LogP contribution in [0.3, 0.4) is 0 Å². The summed E-state index contributed by atoms with van der Waals surface area (Å²) in [4.78, 5) is 0. The minimum atomic E-state index is -2.58. The van der Waals surface area contributed by atoms with Crippen LogP contribution in [0.5, 0.6) is 0 Å². The molecule has 2 unspecified atom stereocenters. The molecule has 3 heteroatoms.